The Morgan fingerprint density at radius 3 is 2.29 bits per heavy atom. The number of hydrogen-bond acceptors (Lipinski definition) is 5. The van der Waals surface area contributed by atoms with Crippen molar-refractivity contribution in [2.24, 2.45) is 0 Å². The number of ether oxygens (including phenoxy) is 2. The van der Waals surface area contributed by atoms with Crippen LogP contribution in [0.4, 0.5) is 5.69 Å². The van der Waals surface area contributed by atoms with Crippen LogP contribution in [-0.4, -0.2) is 70.2 Å². The molecule has 1 amide bonds. The summed E-state index contributed by atoms with van der Waals surface area (Å²) in [5.74, 6) is 1.42. The van der Waals surface area contributed by atoms with Crippen LogP contribution in [-0.2, 0) is 4.79 Å². The van der Waals surface area contributed by atoms with Gasteiger partial charge in [-0.2, -0.15) is 0 Å². The fourth-order valence-electron chi connectivity index (χ4n) is 4.96. The summed E-state index contributed by atoms with van der Waals surface area (Å²) >= 11 is 12.3. The van der Waals surface area contributed by atoms with Gasteiger partial charge in [-0.15, -0.1) is 0 Å². The molecule has 202 valence electrons. The van der Waals surface area contributed by atoms with Crippen LogP contribution in [0.3, 0.4) is 0 Å². The quantitative estimate of drug-likeness (QED) is 0.289. The lowest BCUT2D eigenvalue weighted by atomic mass is 9.98. The number of halogens is 2. The number of para-hydroxylation sites is 1. The van der Waals surface area contributed by atoms with Gasteiger partial charge in [-0.25, -0.2) is 0 Å². The summed E-state index contributed by atoms with van der Waals surface area (Å²) in [5.41, 5.74) is 3.92. The number of likely N-dealkylation sites (tertiary alicyclic amines) is 1. The van der Waals surface area contributed by atoms with E-state index < -0.39 is 0 Å². The third-order valence-electron chi connectivity index (χ3n) is 7.22. The molecule has 1 atom stereocenters. The van der Waals surface area contributed by atoms with Crippen molar-refractivity contribution < 1.29 is 14.3 Å². The number of hydrogen-bond donors (Lipinski definition) is 0. The molecule has 3 aromatic carbocycles. The highest BCUT2D eigenvalue weighted by Crippen LogP contribution is 2.38. The van der Waals surface area contributed by atoms with Crippen LogP contribution in [0.2, 0.25) is 10.0 Å². The van der Waals surface area contributed by atoms with Gasteiger partial charge in [0.25, 0.3) is 0 Å². The summed E-state index contributed by atoms with van der Waals surface area (Å²) in [5, 5.41) is 0.962. The van der Waals surface area contributed by atoms with E-state index in [0.717, 1.165) is 42.0 Å². The van der Waals surface area contributed by atoms with Gasteiger partial charge in [0, 0.05) is 31.9 Å². The molecular weight excluding hydrogens is 521 g/mol. The first-order valence-corrected chi connectivity index (χ1v) is 13.5. The number of benzene rings is 3. The Balaban J connectivity index is 1.57. The van der Waals surface area contributed by atoms with Gasteiger partial charge in [0.1, 0.15) is 0 Å². The number of methoxy groups -OCH3 is 2. The summed E-state index contributed by atoms with van der Waals surface area (Å²) in [6.07, 6.45) is 2.39. The SMILES string of the molecule is COc1cccc(-c2ccc(C(CN3CCCC3)N(C)C(=O)CN(C)c3ccc(Cl)c(Cl)c3)cc2)c1OC. The van der Waals surface area contributed by atoms with E-state index in [-0.39, 0.29) is 18.5 Å². The van der Waals surface area contributed by atoms with Crippen molar-refractivity contribution in [3.8, 4) is 22.6 Å². The number of likely N-dealkylation sites (N-methyl/N-ethyl adjacent to an activating group) is 2. The molecule has 38 heavy (non-hydrogen) atoms. The molecule has 1 fully saturated rings. The molecule has 0 bridgehead atoms. The highest BCUT2D eigenvalue weighted by molar-refractivity contribution is 6.42. The topological polar surface area (TPSA) is 45.2 Å². The summed E-state index contributed by atoms with van der Waals surface area (Å²) < 4.78 is 11.1. The molecule has 0 N–H and O–H groups in total. The van der Waals surface area contributed by atoms with Crippen LogP contribution >= 0.6 is 23.2 Å². The average molecular weight is 557 g/mol. The van der Waals surface area contributed by atoms with Gasteiger partial charge < -0.3 is 24.2 Å². The minimum atomic E-state index is -0.0796. The van der Waals surface area contributed by atoms with Crippen molar-refractivity contribution >= 4 is 34.8 Å². The molecule has 6 nitrogen and oxygen atoms in total. The van der Waals surface area contributed by atoms with E-state index in [1.807, 2.05) is 48.2 Å². The lowest BCUT2D eigenvalue weighted by molar-refractivity contribution is -0.131. The Hall–Kier alpha value is -2.93. The maximum atomic E-state index is 13.5. The number of nitrogens with zero attached hydrogens (tertiary/aromatic N) is 3. The summed E-state index contributed by atoms with van der Waals surface area (Å²) in [6, 6.07) is 19.6. The van der Waals surface area contributed by atoms with Crippen molar-refractivity contribution in [1.82, 2.24) is 9.80 Å². The van der Waals surface area contributed by atoms with Gasteiger partial charge in [-0.1, -0.05) is 59.6 Å². The highest BCUT2D eigenvalue weighted by Gasteiger charge is 2.26. The Morgan fingerprint density at radius 1 is 0.947 bits per heavy atom. The molecule has 3 aromatic rings. The molecule has 1 heterocycles. The van der Waals surface area contributed by atoms with E-state index in [9.17, 15) is 4.79 Å². The Labute approximate surface area is 235 Å². The molecule has 0 aromatic heterocycles. The molecule has 1 aliphatic heterocycles. The Kier molecular flexibility index (Phi) is 9.42. The summed E-state index contributed by atoms with van der Waals surface area (Å²) in [4.78, 5) is 19.7. The van der Waals surface area contributed by atoms with Crippen molar-refractivity contribution in [2.45, 2.75) is 18.9 Å². The smallest absolute Gasteiger partial charge is 0.242 e. The number of rotatable bonds is 10. The molecule has 8 heteroatoms. The van der Waals surface area contributed by atoms with Gasteiger partial charge in [-0.05, 0) is 61.3 Å². The fourth-order valence-corrected chi connectivity index (χ4v) is 5.25. The van der Waals surface area contributed by atoms with Crippen LogP contribution < -0.4 is 14.4 Å². The monoisotopic (exact) mass is 555 g/mol. The van der Waals surface area contributed by atoms with Gasteiger partial charge in [-0.3, -0.25) is 4.79 Å². The number of amides is 1. The van der Waals surface area contributed by atoms with Crippen molar-refractivity contribution in [3.05, 3.63) is 76.3 Å². The van der Waals surface area contributed by atoms with Crippen LogP contribution in [0.15, 0.2) is 60.7 Å². The van der Waals surface area contributed by atoms with E-state index in [0.29, 0.717) is 21.5 Å². The zero-order chi connectivity index (χ0) is 27.2. The van der Waals surface area contributed by atoms with E-state index in [2.05, 4.69) is 29.2 Å². The first-order chi connectivity index (χ1) is 18.3. The maximum absolute atomic E-state index is 13.5. The number of carbonyl (C=O) groups excluding carboxylic acids is 1. The third kappa shape index (κ3) is 6.37. The molecule has 0 spiro atoms. The predicted octanol–water partition coefficient (Wildman–Crippen LogP) is 6.41. The van der Waals surface area contributed by atoms with Gasteiger partial charge >= 0.3 is 0 Å². The highest BCUT2D eigenvalue weighted by atomic mass is 35.5. The van der Waals surface area contributed by atoms with E-state index in [4.69, 9.17) is 32.7 Å². The molecular formula is C30H35Cl2N3O3. The molecule has 0 saturated carbocycles. The lowest BCUT2D eigenvalue weighted by Gasteiger charge is -2.33. The average Bonchev–Trinajstić information content (AvgIpc) is 3.45. The zero-order valence-electron chi connectivity index (χ0n) is 22.4. The van der Waals surface area contributed by atoms with Crippen LogP contribution in [0, 0.1) is 0 Å². The maximum Gasteiger partial charge on any atom is 0.242 e. The van der Waals surface area contributed by atoms with Crippen LogP contribution in [0.25, 0.3) is 11.1 Å². The third-order valence-corrected chi connectivity index (χ3v) is 7.96. The summed E-state index contributed by atoms with van der Waals surface area (Å²) in [6.45, 7) is 3.13. The van der Waals surface area contributed by atoms with Crippen molar-refractivity contribution in [2.75, 3.05) is 59.4 Å². The second-order valence-electron chi connectivity index (χ2n) is 9.65. The Bertz CT molecular complexity index is 1250. The van der Waals surface area contributed by atoms with Gasteiger partial charge in [0.05, 0.1) is 36.9 Å². The van der Waals surface area contributed by atoms with Gasteiger partial charge in [0.2, 0.25) is 5.91 Å². The second-order valence-corrected chi connectivity index (χ2v) is 10.5. The van der Waals surface area contributed by atoms with E-state index in [1.54, 1.807) is 26.4 Å². The predicted molar refractivity (Wildman–Crippen MR) is 156 cm³/mol. The number of carbonyl (C=O) groups is 1. The van der Waals surface area contributed by atoms with Crippen LogP contribution in [0.1, 0.15) is 24.4 Å². The zero-order valence-corrected chi connectivity index (χ0v) is 23.9. The second kappa shape index (κ2) is 12.7. The Morgan fingerprint density at radius 2 is 1.66 bits per heavy atom. The van der Waals surface area contributed by atoms with Gasteiger partial charge in [0.15, 0.2) is 11.5 Å². The normalized spacial score (nSPS) is 14.3. The number of anilines is 1. The lowest BCUT2D eigenvalue weighted by Crippen LogP contribution is -2.42. The van der Waals surface area contributed by atoms with Crippen molar-refractivity contribution in [3.63, 3.8) is 0 Å². The van der Waals surface area contributed by atoms with Crippen molar-refractivity contribution in [1.29, 1.82) is 0 Å². The molecule has 4 rings (SSSR count). The summed E-state index contributed by atoms with van der Waals surface area (Å²) in [7, 11) is 7.07. The molecule has 1 unspecified atom stereocenters. The fraction of sp³-hybridized carbons (Fsp3) is 0.367. The largest absolute Gasteiger partial charge is 0.493 e. The molecule has 1 saturated heterocycles. The molecule has 1 aliphatic rings. The first-order valence-electron chi connectivity index (χ1n) is 12.8. The first kappa shape index (κ1) is 28.1. The minimum absolute atomic E-state index is 0.0290. The van der Waals surface area contributed by atoms with E-state index >= 15 is 0 Å². The van der Waals surface area contributed by atoms with Crippen LogP contribution in [0.5, 0.6) is 11.5 Å². The standard InChI is InChI=1S/C30H35Cl2N3O3/c1-33(23-14-15-25(31)26(32)18-23)20-29(36)34(2)27(19-35-16-5-6-17-35)22-12-10-21(11-13-22)24-8-7-9-28(37-3)30(24)38-4/h7-15,18,27H,5-6,16-17,19-20H2,1-4H3. The molecule has 0 aliphatic carbocycles. The molecule has 0 radical (unpaired) electrons. The minimum Gasteiger partial charge on any atom is -0.493 e. The van der Waals surface area contributed by atoms with E-state index in [1.165, 1.54) is 12.8 Å².